The van der Waals surface area contributed by atoms with E-state index in [0.29, 0.717) is 10.9 Å². The zero-order valence-corrected chi connectivity index (χ0v) is 18.4. The second-order valence-electron chi connectivity index (χ2n) is 8.39. The van der Waals surface area contributed by atoms with Crippen molar-refractivity contribution in [1.82, 2.24) is 20.3 Å². The molecule has 0 amide bonds. The first-order chi connectivity index (χ1) is 16.5. The van der Waals surface area contributed by atoms with Crippen LogP contribution in [0.5, 0.6) is 0 Å². The number of hydrogen-bond acceptors (Lipinski definition) is 4. The van der Waals surface area contributed by atoms with Gasteiger partial charge in [0.25, 0.3) is 0 Å². The van der Waals surface area contributed by atoms with E-state index in [-0.39, 0.29) is 17.7 Å². The average molecular weight is 464 g/mol. The number of H-pyrrole nitrogens is 1. The Kier molecular flexibility index (Phi) is 6.06. The first-order valence-corrected chi connectivity index (χ1v) is 11.2. The lowest BCUT2D eigenvalue weighted by Gasteiger charge is -2.24. The van der Waals surface area contributed by atoms with E-state index in [2.05, 4.69) is 25.6 Å². The minimum atomic E-state index is -4.57. The number of hydrogen-bond donors (Lipinski definition) is 3. The van der Waals surface area contributed by atoms with Gasteiger partial charge in [-0.3, -0.25) is 0 Å². The van der Waals surface area contributed by atoms with Gasteiger partial charge in [-0.25, -0.2) is 9.97 Å². The fraction of sp³-hybridized carbons (Fsp3) is 0.231. The van der Waals surface area contributed by atoms with Gasteiger partial charge in [-0.15, -0.1) is 0 Å². The molecule has 4 aromatic rings. The highest BCUT2D eigenvalue weighted by molar-refractivity contribution is 5.96. The number of anilines is 1. The predicted octanol–water partition coefficient (Wildman–Crippen LogP) is 5.98. The zero-order chi connectivity index (χ0) is 23.5. The zero-order valence-electron chi connectivity index (χ0n) is 18.4. The lowest BCUT2D eigenvalue weighted by molar-refractivity contribution is -0.137. The van der Waals surface area contributed by atoms with Gasteiger partial charge in [0, 0.05) is 41.4 Å². The second-order valence-corrected chi connectivity index (χ2v) is 8.39. The number of rotatable bonds is 5. The number of benzene rings is 2. The Labute approximate surface area is 195 Å². The molecule has 0 bridgehead atoms. The van der Waals surface area contributed by atoms with Crippen molar-refractivity contribution in [3.05, 3.63) is 77.6 Å². The van der Waals surface area contributed by atoms with Crippen LogP contribution in [0.3, 0.4) is 0 Å². The van der Waals surface area contributed by atoms with Crippen molar-refractivity contribution in [3.8, 4) is 11.3 Å². The molecular weight excluding hydrogens is 439 g/mol. The number of nitrogens with zero attached hydrogens (tertiary/aromatic N) is 2. The van der Waals surface area contributed by atoms with Crippen LogP contribution in [0.4, 0.5) is 19.1 Å². The molecule has 1 aliphatic rings. The van der Waals surface area contributed by atoms with Crippen LogP contribution >= 0.6 is 0 Å². The summed E-state index contributed by atoms with van der Waals surface area (Å²) in [7, 11) is 0. The molecule has 0 radical (unpaired) electrons. The molecule has 1 atom stereocenters. The molecule has 0 saturated carbocycles. The highest BCUT2D eigenvalue weighted by atomic mass is 19.4. The van der Waals surface area contributed by atoms with E-state index >= 15 is 0 Å². The van der Waals surface area contributed by atoms with E-state index < -0.39 is 11.7 Å². The molecule has 5 rings (SSSR count). The third kappa shape index (κ3) is 4.82. The van der Waals surface area contributed by atoms with Crippen LogP contribution in [0.1, 0.15) is 29.5 Å². The summed E-state index contributed by atoms with van der Waals surface area (Å²) in [6.45, 7) is 1.67. The van der Waals surface area contributed by atoms with Crippen molar-refractivity contribution in [2.45, 2.75) is 25.1 Å². The summed E-state index contributed by atoms with van der Waals surface area (Å²) in [5.41, 5.74) is 2.16. The average Bonchev–Trinajstić information content (AvgIpc) is 3.26. The van der Waals surface area contributed by atoms with E-state index in [4.69, 9.17) is 0 Å². The Morgan fingerprint density at radius 1 is 1.03 bits per heavy atom. The van der Waals surface area contributed by atoms with Gasteiger partial charge in [-0.2, -0.15) is 13.2 Å². The maximum Gasteiger partial charge on any atom is 0.419 e. The number of alkyl halides is 3. The number of piperidine rings is 1. The molecule has 3 heterocycles. The third-order valence-electron chi connectivity index (χ3n) is 5.95. The molecule has 1 aliphatic heterocycles. The summed E-state index contributed by atoms with van der Waals surface area (Å²) >= 11 is 0. The molecule has 0 unspecified atom stereocenters. The standard InChI is InChI=1S/C26H24F3N5/c27-26(28,29)22-16-32-25(33-19-7-4-12-30-14-19)34-24(22)21-15-31-23-13-18(10-11-20(21)23)9-8-17-5-2-1-3-6-17/h1-3,5-6,8-11,13,15-16,19,30-31H,4,7,12,14H2,(H,32,33,34)/b9-8+/t19-/m0/s1. The third-order valence-corrected chi connectivity index (χ3v) is 5.95. The van der Waals surface area contributed by atoms with E-state index in [1.54, 1.807) is 6.20 Å². The first-order valence-electron chi connectivity index (χ1n) is 11.2. The van der Waals surface area contributed by atoms with Crippen molar-refractivity contribution in [1.29, 1.82) is 0 Å². The van der Waals surface area contributed by atoms with Gasteiger partial charge in [0.2, 0.25) is 5.95 Å². The highest BCUT2D eigenvalue weighted by Gasteiger charge is 2.36. The van der Waals surface area contributed by atoms with Crippen LogP contribution in [-0.2, 0) is 6.18 Å². The Morgan fingerprint density at radius 3 is 2.62 bits per heavy atom. The molecule has 1 saturated heterocycles. The molecule has 2 aromatic carbocycles. The fourth-order valence-electron chi connectivity index (χ4n) is 4.22. The minimum absolute atomic E-state index is 0.0836. The molecule has 2 aromatic heterocycles. The Morgan fingerprint density at radius 2 is 1.85 bits per heavy atom. The van der Waals surface area contributed by atoms with E-state index in [1.807, 2.05) is 60.7 Å². The lowest BCUT2D eigenvalue weighted by Crippen LogP contribution is -2.38. The number of fused-ring (bicyclic) bond motifs is 1. The van der Waals surface area contributed by atoms with Crippen LogP contribution in [0.2, 0.25) is 0 Å². The molecule has 8 heteroatoms. The lowest BCUT2D eigenvalue weighted by atomic mass is 10.0. The van der Waals surface area contributed by atoms with Gasteiger partial charge in [0.05, 0.1) is 5.69 Å². The maximum absolute atomic E-state index is 13.8. The van der Waals surface area contributed by atoms with Crippen molar-refractivity contribution in [2.75, 3.05) is 18.4 Å². The predicted molar refractivity (Wildman–Crippen MR) is 129 cm³/mol. The van der Waals surface area contributed by atoms with Crippen LogP contribution < -0.4 is 10.6 Å². The van der Waals surface area contributed by atoms with Gasteiger partial charge >= 0.3 is 6.18 Å². The van der Waals surface area contributed by atoms with Crippen molar-refractivity contribution in [2.24, 2.45) is 0 Å². The van der Waals surface area contributed by atoms with Crippen molar-refractivity contribution < 1.29 is 13.2 Å². The van der Waals surface area contributed by atoms with E-state index in [1.165, 1.54) is 0 Å². The largest absolute Gasteiger partial charge is 0.419 e. The number of nitrogens with one attached hydrogen (secondary N) is 3. The number of halogens is 3. The molecule has 3 N–H and O–H groups in total. The van der Waals surface area contributed by atoms with Crippen molar-refractivity contribution >= 4 is 29.0 Å². The summed E-state index contributed by atoms with van der Waals surface area (Å²) in [4.78, 5) is 11.4. The van der Waals surface area contributed by atoms with Crippen LogP contribution in [-0.4, -0.2) is 34.1 Å². The number of aromatic amines is 1. The second kappa shape index (κ2) is 9.30. The number of aromatic nitrogens is 3. The van der Waals surface area contributed by atoms with Crippen LogP contribution in [0, 0.1) is 0 Å². The van der Waals surface area contributed by atoms with Crippen LogP contribution in [0.15, 0.2) is 60.9 Å². The minimum Gasteiger partial charge on any atom is -0.360 e. The summed E-state index contributed by atoms with van der Waals surface area (Å²) < 4.78 is 41.5. The smallest absolute Gasteiger partial charge is 0.360 e. The van der Waals surface area contributed by atoms with Crippen LogP contribution in [0.25, 0.3) is 34.3 Å². The monoisotopic (exact) mass is 463 g/mol. The van der Waals surface area contributed by atoms with Gasteiger partial charge in [-0.05, 0) is 36.6 Å². The highest BCUT2D eigenvalue weighted by Crippen LogP contribution is 2.39. The Hall–Kier alpha value is -3.65. The topological polar surface area (TPSA) is 65.6 Å². The Bertz CT molecular complexity index is 1310. The van der Waals surface area contributed by atoms with Gasteiger partial charge in [-0.1, -0.05) is 54.6 Å². The Balaban J connectivity index is 1.50. The van der Waals surface area contributed by atoms with E-state index in [9.17, 15) is 13.2 Å². The quantitative estimate of drug-likeness (QED) is 0.319. The molecule has 5 nitrogen and oxygen atoms in total. The molecule has 0 spiro atoms. The van der Waals surface area contributed by atoms with Gasteiger partial charge in [0.1, 0.15) is 5.56 Å². The summed E-state index contributed by atoms with van der Waals surface area (Å²) in [6.07, 6.45) is 3.77. The van der Waals surface area contributed by atoms with Crippen molar-refractivity contribution in [3.63, 3.8) is 0 Å². The normalized spacial score (nSPS) is 16.9. The summed E-state index contributed by atoms with van der Waals surface area (Å²) in [6, 6.07) is 15.6. The summed E-state index contributed by atoms with van der Waals surface area (Å²) in [5.74, 6) is 0.202. The van der Waals surface area contributed by atoms with Gasteiger partial charge < -0.3 is 15.6 Å². The van der Waals surface area contributed by atoms with Gasteiger partial charge in [0.15, 0.2) is 0 Å². The first kappa shape index (κ1) is 22.2. The molecule has 174 valence electrons. The molecule has 0 aliphatic carbocycles. The molecular formula is C26H24F3N5. The molecule has 34 heavy (non-hydrogen) atoms. The SMILES string of the molecule is FC(F)(F)c1cnc(N[C@H]2CCCNC2)nc1-c1c[nH]c2cc(/C=C/c3ccccc3)ccc12. The maximum atomic E-state index is 13.8. The summed E-state index contributed by atoms with van der Waals surface area (Å²) in [5, 5.41) is 7.13. The fourth-order valence-corrected chi connectivity index (χ4v) is 4.22. The van der Waals surface area contributed by atoms with E-state index in [0.717, 1.165) is 48.8 Å². The molecule has 1 fully saturated rings.